The topological polar surface area (TPSA) is 15.3 Å². The largest absolute Gasteiger partial charge is 0.391 e. The fourth-order valence-electron chi connectivity index (χ4n) is 2.52. The maximum Gasteiger partial charge on any atom is 0.391 e. The van der Waals surface area contributed by atoms with Crippen LogP contribution < -0.4 is 5.32 Å². The fourth-order valence-corrected chi connectivity index (χ4v) is 2.52. The Morgan fingerprint density at radius 2 is 1.88 bits per heavy atom. The van der Waals surface area contributed by atoms with Crippen LogP contribution in [-0.2, 0) is 0 Å². The van der Waals surface area contributed by atoms with Gasteiger partial charge in [0.15, 0.2) is 0 Å². The van der Waals surface area contributed by atoms with E-state index in [0.29, 0.717) is 6.42 Å². The summed E-state index contributed by atoms with van der Waals surface area (Å²) in [5.74, 6) is -1.13. The molecular weight excluding hydrogens is 217 g/mol. The van der Waals surface area contributed by atoms with E-state index < -0.39 is 12.1 Å². The maximum absolute atomic E-state index is 12.7. The van der Waals surface area contributed by atoms with Gasteiger partial charge < -0.3 is 10.2 Å². The Bertz CT molecular complexity index is 216. The molecule has 0 heterocycles. The van der Waals surface area contributed by atoms with Crippen LogP contribution in [0, 0.1) is 5.92 Å². The van der Waals surface area contributed by atoms with Gasteiger partial charge in [-0.15, -0.1) is 0 Å². The zero-order valence-corrected chi connectivity index (χ0v) is 10.1. The van der Waals surface area contributed by atoms with Crippen molar-refractivity contribution in [2.75, 3.05) is 20.6 Å². The standard InChI is InChI=1S/C11H21F3N2/c1-4-15-9-6-5-8(11(12,13)14)7-10(9)16(2)3/h8-10,15H,4-7H2,1-3H3/t8-,9+,10+/m1/s1. The molecule has 5 heteroatoms. The minimum atomic E-state index is -4.04. The van der Waals surface area contributed by atoms with E-state index in [1.54, 1.807) is 0 Å². The molecule has 16 heavy (non-hydrogen) atoms. The number of likely N-dealkylation sites (N-methyl/N-ethyl adjacent to an activating group) is 2. The van der Waals surface area contributed by atoms with E-state index >= 15 is 0 Å². The number of hydrogen-bond acceptors (Lipinski definition) is 2. The highest BCUT2D eigenvalue weighted by atomic mass is 19.4. The summed E-state index contributed by atoms with van der Waals surface area (Å²) in [5, 5.41) is 3.28. The summed E-state index contributed by atoms with van der Waals surface area (Å²) < 4.78 is 38.0. The lowest BCUT2D eigenvalue weighted by molar-refractivity contribution is -0.187. The Balaban J connectivity index is 2.65. The predicted octanol–water partition coefficient (Wildman–Crippen LogP) is 2.26. The van der Waals surface area contributed by atoms with Crippen LogP contribution in [0.3, 0.4) is 0 Å². The number of hydrogen-bond donors (Lipinski definition) is 1. The van der Waals surface area contributed by atoms with E-state index in [1.165, 1.54) is 0 Å². The summed E-state index contributed by atoms with van der Waals surface area (Å²) in [7, 11) is 3.71. The molecule has 3 atom stereocenters. The number of nitrogens with zero attached hydrogens (tertiary/aromatic N) is 1. The molecule has 0 amide bonds. The molecule has 1 fully saturated rings. The van der Waals surface area contributed by atoms with Crippen LogP contribution in [0.1, 0.15) is 26.2 Å². The maximum atomic E-state index is 12.7. The average molecular weight is 238 g/mol. The first-order valence-corrected chi connectivity index (χ1v) is 5.82. The minimum absolute atomic E-state index is 0.0136. The van der Waals surface area contributed by atoms with Gasteiger partial charge in [-0.2, -0.15) is 13.2 Å². The molecule has 1 rings (SSSR count). The summed E-state index contributed by atoms with van der Waals surface area (Å²) in [5.41, 5.74) is 0. The molecule has 0 aromatic rings. The van der Waals surface area contributed by atoms with Crippen molar-refractivity contribution in [1.29, 1.82) is 0 Å². The molecule has 0 aromatic carbocycles. The number of alkyl halides is 3. The van der Waals surface area contributed by atoms with Crippen molar-refractivity contribution in [1.82, 2.24) is 10.2 Å². The zero-order valence-electron chi connectivity index (χ0n) is 10.1. The van der Waals surface area contributed by atoms with E-state index in [0.717, 1.165) is 6.54 Å². The molecule has 1 aliphatic rings. The highest BCUT2D eigenvalue weighted by molar-refractivity contribution is 4.91. The Kier molecular flexibility index (Phi) is 4.62. The molecule has 0 saturated heterocycles. The monoisotopic (exact) mass is 238 g/mol. The molecule has 2 nitrogen and oxygen atoms in total. The van der Waals surface area contributed by atoms with Crippen molar-refractivity contribution in [3.63, 3.8) is 0 Å². The lowest BCUT2D eigenvalue weighted by Gasteiger charge is -2.40. The van der Waals surface area contributed by atoms with Crippen molar-refractivity contribution in [3.05, 3.63) is 0 Å². The third-order valence-electron chi connectivity index (χ3n) is 3.41. The molecule has 1 aliphatic carbocycles. The Morgan fingerprint density at radius 1 is 1.25 bits per heavy atom. The van der Waals surface area contributed by atoms with Gasteiger partial charge in [0.05, 0.1) is 5.92 Å². The molecule has 0 bridgehead atoms. The van der Waals surface area contributed by atoms with Crippen LogP contribution in [0.15, 0.2) is 0 Å². The molecule has 1 N–H and O–H groups in total. The van der Waals surface area contributed by atoms with Gasteiger partial charge in [-0.05, 0) is 39.9 Å². The Morgan fingerprint density at radius 3 is 2.31 bits per heavy atom. The number of rotatable bonds is 3. The van der Waals surface area contributed by atoms with E-state index in [2.05, 4.69) is 5.32 Å². The zero-order chi connectivity index (χ0) is 12.3. The van der Waals surface area contributed by atoms with Crippen LogP contribution in [0.25, 0.3) is 0 Å². The molecule has 0 spiro atoms. The molecular formula is C11H21F3N2. The second-order valence-corrected chi connectivity index (χ2v) is 4.75. The lowest BCUT2D eigenvalue weighted by atomic mass is 9.81. The second kappa shape index (κ2) is 5.36. The smallest absolute Gasteiger partial charge is 0.313 e. The van der Waals surface area contributed by atoms with Gasteiger partial charge in [-0.3, -0.25) is 0 Å². The molecule has 0 radical (unpaired) electrons. The quantitative estimate of drug-likeness (QED) is 0.811. The molecule has 0 unspecified atom stereocenters. The predicted molar refractivity (Wildman–Crippen MR) is 58.3 cm³/mol. The first-order chi connectivity index (χ1) is 7.36. The third kappa shape index (κ3) is 3.35. The van der Waals surface area contributed by atoms with Gasteiger partial charge in [0.1, 0.15) is 0 Å². The first-order valence-electron chi connectivity index (χ1n) is 5.82. The summed E-state index contributed by atoms with van der Waals surface area (Å²) >= 11 is 0. The van der Waals surface area contributed by atoms with E-state index in [1.807, 2.05) is 25.9 Å². The highest BCUT2D eigenvalue weighted by Crippen LogP contribution is 2.38. The molecule has 96 valence electrons. The summed E-state index contributed by atoms with van der Waals surface area (Å²) in [6, 6.07) is 0.180. The Hall–Kier alpha value is -0.290. The molecule has 0 aliphatic heterocycles. The van der Waals surface area contributed by atoms with E-state index in [4.69, 9.17) is 0 Å². The van der Waals surface area contributed by atoms with Gasteiger partial charge in [0.25, 0.3) is 0 Å². The van der Waals surface area contributed by atoms with Gasteiger partial charge in [-0.1, -0.05) is 6.92 Å². The highest BCUT2D eigenvalue weighted by Gasteiger charge is 2.45. The van der Waals surface area contributed by atoms with Crippen LogP contribution in [0.2, 0.25) is 0 Å². The minimum Gasteiger partial charge on any atom is -0.313 e. The average Bonchev–Trinajstić information content (AvgIpc) is 2.16. The second-order valence-electron chi connectivity index (χ2n) is 4.75. The summed E-state index contributed by atoms with van der Waals surface area (Å²) in [4.78, 5) is 1.91. The van der Waals surface area contributed by atoms with Crippen molar-refractivity contribution in [2.24, 2.45) is 5.92 Å². The summed E-state index contributed by atoms with van der Waals surface area (Å²) in [6.07, 6.45) is -2.95. The summed E-state index contributed by atoms with van der Waals surface area (Å²) in [6.45, 7) is 2.80. The van der Waals surface area contributed by atoms with Crippen LogP contribution in [-0.4, -0.2) is 43.8 Å². The van der Waals surface area contributed by atoms with Crippen molar-refractivity contribution >= 4 is 0 Å². The SMILES string of the molecule is CCN[C@H]1CC[C@@H](C(F)(F)F)C[C@@H]1N(C)C. The van der Waals surface area contributed by atoms with E-state index in [9.17, 15) is 13.2 Å². The van der Waals surface area contributed by atoms with Crippen molar-refractivity contribution in [2.45, 2.75) is 44.4 Å². The van der Waals surface area contributed by atoms with Gasteiger partial charge in [-0.25, -0.2) is 0 Å². The fraction of sp³-hybridized carbons (Fsp3) is 1.00. The number of nitrogens with one attached hydrogen (secondary N) is 1. The van der Waals surface area contributed by atoms with Gasteiger partial charge >= 0.3 is 6.18 Å². The first kappa shape index (κ1) is 13.8. The van der Waals surface area contributed by atoms with Gasteiger partial charge in [0.2, 0.25) is 0 Å². The van der Waals surface area contributed by atoms with Crippen LogP contribution in [0.4, 0.5) is 13.2 Å². The third-order valence-corrected chi connectivity index (χ3v) is 3.41. The lowest BCUT2D eigenvalue weighted by Crippen LogP contribution is -2.52. The Labute approximate surface area is 95.2 Å². The van der Waals surface area contributed by atoms with E-state index in [-0.39, 0.29) is 24.9 Å². The van der Waals surface area contributed by atoms with Gasteiger partial charge in [0, 0.05) is 12.1 Å². The molecule has 0 aromatic heterocycles. The molecule has 1 saturated carbocycles. The van der Waals surface area contributed by atoms with Crippen LogP contribution >= 0.6 is 0 Å². The van der Waals surface area contributed by atoms with Crippen molar-refractivity contribution < 1.29 is 13.2 Å². The normalized spacial score (nSPS) is 32.1. The van der Waals surface area contributed by atoms with Crippen LogP contribution in [0.5, 0.6) is 0 Å². The van der Waals surface area contributed by atoms with Crippen molar-refractivity contribution in [3.8, 4) is 0 Å². The number of halogens is 3.